The summed E-state index contributed by atoms with van der Waals surface area (Å²) in [5.41, 5.74) is 7.67. The number of anilines is 1. The maximum Gasteiger partial charge on any atom is 0.141 e. The normalized spacial score (nSPS) is 16.8. The molecule has 0 saturated carbocycles. The van der Waals surface area contributed by atoms with Crippen molar-refractivity contribution in [3.63, 3.8) is 0 Å². The van der Waals surface area contributed by atoms with Crippen molar-refractivity contribution in [1.29, 1.82) is 0 Å². The van der Waals surface area contributed by atoms with E-state index in [1.54, 1.807) is 6.07 Å². The van der Waals surface area contributed by atoms with Crippen LogP contribution in [-0.4, -0.2) is 23.6 Å². The van der Waals surface area contributed by atoms with Gasteiger partial charge in [0.2, 0.25) is 0 Å². The summed E-state index contributed by atoms with van der Waals surface area (Å²) < 4.78 is 13.3. The summed E-state index contributed by atoms with van der Waals surface area (Å²) >= 11 is 0. The second kappa shape index (κ2) is 5.25. The molecule has 0 aromatic heterocycles. The second-order valence-corrected chi connectivity index (χ2v) is 4.57. The largest absolute Gasteiger partial charge is 0.409 e. The minimum absolute atomic E-state index is 0.143. The predicted molar refractivity (Wildman–Crippen MR) is 69.6 cm³/mol. The molecule has 0 bridgehead atoms. The minimum atomic E-state index is -0.223. The van der Waals surface area contributed by atoms with Crippen molar-refractivity contribution in [2.24, 2.45) is 10.9 Å². The molecule has 98 valence electrons. The lowest BCUT2D eigenvalue weighted by atomic mass is 10.1. The van der Waals surface area contributed by atoms with Crippen LogP contribution < -0.4 is 10.6 Å². The lowest BCUT2D eigenvalue weighted by molar-refractivity contribution is 0.316. The van der Waals surface area contributed by atoms with Crippen molar-refractivity contribution in [2.45, 2.75) is 32.2 Å². The number of fused-ring (bicyclic) bond motifs is 1. The van der Waals surface area contributed by atoms with Crippen molar-refractivity contribution in [1.82, 2.24) is 0 Å². The molecular weight excluding hydrogens is 233 g/mol. The average Bonchev–Trinajstić information content (AvgIpc) is 2.78. The van der Waals surface area contributed by atoms with Crippen LogP contribution in [0.1, 0.15) is 25.3 Å². The monoisotopic (exact) mass is 251 g/mol. The summed E-state index contributed by atoms with van der Waals surface area (Å²) in [4.78, 5) is 2.15. The van der Waals surface area contributed by atoms with E-state index >= 15 is 0 Å². The number of nitrogens with two attached hydrogens (primary N) is 1. The van der Waals surface area contributed by atoms with Gasteiger partial charge in [-0.3, -0.25) is 0 Å². The Morgan fingerprint density at radius 2 is 2.39 bits per heavy atom. The zero-order valence-electron chi connectivity index (χ0n) is 10.4. The van der Waals surface area contributed by atoms with Crippen LogP contribution >= 0.6 is 0 Å². The molecule has 3 N–H and O–H groups in total. The van der Waals surface area contributed by atoms with Gasteiger partial charge in [-0.25, -0.2) is 4.39 Å². The Balaban J connectivity index is 2.22. The molecule has 4 nitrogen and oxygen atoms in total. The van der Waals surface area contributed by atoms with E-state index in [1.807, 2.05) is 13.0 Å². The van der Waals surface area contributed by atoms with Crippen molar-refractivity contribution < 1.29 is 9.60 Å². The Hall–Kier alpha value is -1.78. The van der Waals surface area contributed by atoms with Crippen LogP contribution in [0.2, 0.25) is 0 Å². The first kappa shape index (κ1) is 12.7. The van der Waals surface area contributed by atoms with Crippen LogP contribution in [0.4, 0.5) is 10.1 Å². The molecule has 0 radical (unpaired) electrons. The van der Waals surface area contributed by atoms with E-state index in [0.717, 1.165) is 30.6 Å². The maximum absolute atomic E-state index is 13.3. The Kier molecular flexibility index (Phi) is 3.69. The number of hydrogen-bond acceptors (Lipinski definition) is 3. The molecule has 0 amide bonds. The predicted octanol–water partition coefficient (Wildman–Crippen LogP) is 2.10. The summed E-state index contributed by atoms with van der Waals surface area (Å²) in [5, 5.41) is 11.7. The molecule has 0 spiro atoms. The highest BCUT2D eigenvalue weighted by molar-refractivity contribution is 5.81. The van der Waals surface area contributed by atoms with E-state index in [2.05, 4.69) is 10.1 Å². The van der Waals surface area contributed by atoms with Crippen LogP contribution in [0.15, 0.2) is 23.4 Å². The third-order valence-corrected chi connectivity index (χ3v) is 3.46. The highest BCUT2D eigenvalue weighted by atomic mass is 19.1. The molecule has 0 aliphatic carbocycles. The molecule has 1 atom stereocenters. The standard InChI is InChI=1S/C13H18FN3O/c1-2-11(8-13(15)16-18)17-6-5-9-3-4-10(14)7-12(9)17/h3-4,7,11,18H,2,5-6,8H2,1H3,(H2,15,16). The summed E-state index contributed by atoms with van der Waals surface area (Å²) in [7, 11) is 0. The molecule has 1 aromatic carbocycles. The Morgan fingerprint density at radius 3 is 3.06 bits per heavy atom. The van der Waals surface area contributed by atoms with Crippen LogP contribution in [-0.2, 0) is 6.42 Å². The molecule has 1 aliphatic heterocycles. The summed E-state index contributed by atoms with van der Waals surface area (Å²) in [5.74, 6) is -0.00833. The quantitative estimate of drug-likeness (QED) is 0.373. The lowest BCUT2D eigenvalue weighted by Gasteiger charge is -2.29. The summed E-state index contributed by atoms with van der Waals surface area (Å²) in [6.45, 7) is 2.91. The average molecular weight is 251 g/mol. The van der Waals surface area contributed by atoms with E-state index in [1.165, 1.54) is 6.07 Å². The maximum atomic E-state index is 13.3. The van der Waals surface area contributed by atoms with Crippen molar-refractivity contribution >= 4 is 11.5 Å². The molecule has 1 unspecified atom stereocenters. The summed E-state index contributed by atoms with van der Waals surface area (Å²) in [6, 6.07) is 5.04. The smallest absolute Gasteiger partial charge is 0.141 e. The molecule has 0 fully saturated rings. The Morgan fingerprint density at radius 1 is 1.61 bits per heavy atom. The van der Waals surface area contributed by atoms with Crippen molar-refractivity contribution in [3.05, 3.63) is 29.6 Å². The third-order valence-electron chi connectivity index (χ3n) is 3.46. The molecule has 18 heavy (non-hydrogen) atoms. The fourth-order valence-corrected chi connectivity index (χ4v) is 2.51. The van der Waals surface area contributed by atoms with Crippen LogP contribution in [0.3, 0.4) is 0 Å². The molecule has 1 aromatic rings. The van der Waals surface area contributed by atoms with Crippen molar-refractivity contribution in [2.75, 3.05) is 11.4 Å². The topological polar surface area (TPSA) is 61.9 Å². The first-order valence-electron chi connectivity index (χ1n) is 6.17. The van der Waals surface area contributed by atoms with Crippen molar-refractivity contribution in [3.8, 4) is 0 Å². The van der Waals surface area contributed by atoms with Crippen LogP contribution in [0, 0.1) is 5.82 Å². The molecule has 5 heteroatoms. The Bertz CT molecular complexity index is 462. The number of hydrogen-bond donors (Lipinski definition) is 2. The van der Waals surface area contributed by atoms with Gasteiger partial charge < -0.3 is 15.8 Å². The van der Waals surface area contributed by atoms with Gasteiger partial charge in [0.15, 0.2) is 0 Å². The molecular formula is C13H18FN3O. The number of halogens is 1. The Labute approximate surface area is 106 Å². The fraction of sp³-hybridized carbons (Fsp3) is 0.462. The number of nitrogens with zero attached hydrogens (tertiary/aromatic N) is 2. The van der Waals surface area contributed by atoms with E-state index in [4.69, 9.17) is 10.9 Å². The zero-order chi connectivity index (χ0) is 13.1. The zero-order valence-corrected chi connectivity index (χ0v) is 10.4. The first-order valence-corrected chi connectivity index (χ1v) is 6.17. The van der Waals surface area contributed by atoms with E-state index in [9.17, 15) is 4.39 Å². The fourth-order valence-electron chi connectivity index (χ4n) is 2.51. The van der Waals surface area contributed by atoms with Gasteiger partial charge in [0.05, 0.1) is 0 Å². The van der Waals surface area contributed by atoms with E-state index in [0.29, 0.717) is 6.42 Å². The highest BCUT2D eigenvalue weighted by Crippen LogP contribution is 2.31. The van der Waals surface area contributed by atoms with Gasteiger partial charge in [-0.05, 0) is 30.5 Å². The number of rotatable bonds is 4. The van der Waals surface area contributed by atoms with Gasteiger partial charge >= 0.3 is 0 Å². The molecule has 1 aliphatic rings. The van der Waals surface area contributed by atoms with Gasteiger partial charge in [0.25, 0.3) is 0 Å². The van der Waals surface area contributed by atoms with Gasteiger partial charge in [-0.15, -0.1) is 0 Å². The number of oxime groups is 1. The SMILES string of the molecule is CCC(C/C(N)=N/O)N1CCc2ccc(F)cc21. The van der Waals surface area contributed by atoms with Gasteiger partial charge in [0, 0.05) is 24.7 Å². The molecule has 1 heterocycles. The lowest BCUT2D eigenvalue weighted by Crippen LogP contribution is -2.36. The van der Waals surface area contributed by atoms with E-state index in [-0.39, 0.29) is 17.7 Å². The van der Waals surface area contributed by atoms with Crippen LogP contribution in [0.5, 0.6) is 0 Å². The van der Waals surface area contributed by atoms with Gasteiger partial charge in [-0.1, -0.05) is 18.1 Å². The van der Waals surface area contributed by atoms with Gasteiger partial charge in [-0.2, -0.15) is 0 Å². The van der Waals surface area contributed by atoms with Crippen LogP contribution in [0.25, 0.3) is 0 Å². The molecule has 0 saturated heterocycles. The number of amidine groups is 1. The van der Waals surface area contributed by atoms with E-state index < -0.39 is 0 Å². The minimum Gasteiger partial charge on any atom is -0.409 e. The third kappa shape index (κ3) is 2.39. The number of benzene rings is 1. The van der Waals surface area contributed by atoms with Gasteiger partial charge in [0.1, 0.15) is 11.7 Å². The highest BCUT2D eigenvalue weighted by Gasteiger charge is 2.26. The second-order valence-electron chi connectivity index (χ2n) is 4.57. The molecule has 2 rings (SSSR count). The first-order chi connectivity index (χ1) is 8.65. The summed E-state index contributed by atoms with van der Waals surface area (Å²) in [6.07, 6.45) is 2.28.